The highest BCUT2D eigenvalue weighted by Gasteiger charge is 2.08. The monoisotopic (exact) mass is 333 g/mol. The number of amides is 1. The highest BCUT2D eigenvalue weighted by atomic mass is 79.9. The third-order valence-electron chi connectivity index (χ3n) is 2.97. The molecule has 1 aromatic heterocycles. The van der Waals surface area contributed by atoms with E-state index >= 15 is 0 Å². The maximum Gasteiger partial charge on any atom is 0.269 e. The summed E-state index contributed by atoms with van der Waals surface area (Å²) < 4.78 is 1.05. The lowest BCUT2D eigenvalue weighted by Crippen LogP contribution is -2.19. The molecule has 4 nitrogen and oxygen atoms in total. The summed E-state index contributed by atoms with van der Waals surface area (Å²) in [5.74, 6) is -0.190. The molecule has 0 saturated carbocycles. The van der Waals surface area contributed by atoms with E-state index in [1.165, 1.54) is 5.56 Å². The summed E-state index contributed by atoms with van der Waals surface area (Å²) >= 11 is 3.42. The molecule has 1 aromatic carbocycles. The number of nitrogens with zero attached hydrogens (tertiary/aromatic N) is 1. The maximum absolute atomic E-state index is 11.6. The van der Waals surface area contributed by atoms with E-state index in [2.05, 4.69) is 50.6 Å². The quantitative estimate of drug-likeness (QED) is 0.901. The second-order valence-corrected chi connectivity index (χ2v) is 5.34. The number of carbonyl (C=O) groups is 1. The first kappa shape index (κ1) is 14.5. The second kappa shape index (κ2) is 6.52. The number of benzene rings is 1. The smallest absolute Gasteiger partial charge is 0.269 e. The zero-order valence-corrected chi connectivity index (χ0v) is 12.9. The Balaban J connectivity index is 2.13. The van der Waals surface area contributed by atoms with Crippen molar-refractivity contribution < 1.29 is 4.79 Å². The number of aromatic nitrogens is 1. The van der Waals surface area contributed by atoms with Gasteiger partial charge in [0.15, 0.2) is 0 Å². The van der Waals surface area contributed by atoms with Gasteiger partial charge in [0.2, 0.25) is 0 Å². The zero-order chi connectivity index (χ0) is 14.5. The van der Waals surface area contributed by atoms with Gasteiger partial charge >= 0.3 is 0 Å². The number of hydrogen-bond acceptors (Lipinski definition) is 3. The van der Waals surface area contributed by atoms with Gasteiger partial charge in [0.1, 0.15) is 5.69 Å². The Hall–Kier alpha value is -1.88. The molecule has 1 amide bonds. The number of nitrogens with one attached hydrogen (secondary N) is 2. The fraction of sp³-hybridized carbons (Fsp3) is 0.200. The van der Waals surface area contributed by atoms with Crippen LogP contribution in [0.1, 0.15) is 29.0 Å². The van der Waals surface area contributed by atoms with Crippen molar-refractivity contribution in [1.82, 2.24) is 10.3 Å². The van der Waals surface area contributed by atoms with E-state index in [0.29, 0.717) is 5.69 Å². The van der Waals surface area contributed by atoms with Crippen LogP contribution in [0.15, 0.2) is 47.1 Å². The lowest BCUT2D eigenvalue weighted by Gasteiger charge is -2.16. The number of halogens is 1. The molecule has 2 N–H and O–H groups in total. The predicted octanol–water partition coefficient (Wildman–Crippen LogP) is 3.38. The minimum absolute atomic E-state index is 0.142. The molecule has 0 fully saturated rings. The van der Waals surface area contributed by atoms with Gasteiger partial charge in [-0.15, -0.1) is 0 Å². The molecule has 0 radical (unpaired) electrons. The highest BCUT2D eigenvalue weighted by Crippen LogP contribution is 2.21. The van der Waals surface area contributed by atoms with Gasteiger partial charge in [-0.05, 0) is 36.8 Å². The molecule has 1 atom stereocenters. The van der Waals surface area contributed by atoms with Crippen LogP contribution in [0, 0.1) is 0 Å². The Bertz CT molecular complexity index is 598. The Morgan fingerprint density at radius 1 is 1.25 bits per heavy atom. The van der Waals surface area contributed by atoms with Crippen molar-refractivity contribution in [3.8, 4) is 0 Å². The first-order chi connectivity index (χ1) is 9.60. The molecule has 0 aliphatic carbocycles. The second-order valence-electron chi connectivity index (χ2n) is 4.43. The van der Waals surface area contributed by atoms with E-state index in [-0.39, 0.29) is 11.9 Å². The van der Waals surface area contributed by atoms with Crippen molar-refractivity contribution in [2.24, 2.45) is 0 Å². The molecule has 1 unspecified atom stereocenters. The Morgan fingerprint density at radius 2 is 1.95 bits per heavy atom. The minimum atomic E-state index is -0.190. The minimum Gasteiger partial charge on any atom is -0.378 e. The largest absolute Gasteiger partial charge is 0.378 e. The van der Waals surface area contributed by atoms with Crippen LogP contribution < -0.4 is 10.6 Å². The van der Waals surface area contributed by atoms with Gasteiger partial charge in [-0.3, -0.25) is 9.78 Å². The summed E-state index contributed by atoms with van der Waals surface area (Å²) in [7, 11) is 1.59. The summed E-state index contributed by atoms with van der Waals surface area (Å²) in [5.41, 5.74) is 2.45. The summed E-state index contributed by atoms with van der Waals surface area (Å²) in [6.45, 7) is 2.07. The molecule has 0 aliphatic heterocycles. The van der Waals surface area contributed by atoms with Crippen molar-refractivity contribution in [2.75, 3.05) is 12.4 Å². The summed E-state index contributed by atoms with van der Waals surface area (Å²) in [6, 6.07) is 11.9. The van der Waals surface area contributed by atoms with Crippen molar-refractivity contribution in [2.45, 2.75) is 13.0 Å². The fourth-order valence-electron chi connectivity index (χ4n) is 1.86. The molecule has 0 aliphatic rings. The fourth-order valence-corrected chi connectivity index (χ4v) is 2.12. The van der Waals surface area contributed by atoms with Gasteiger partial charge in [-0.25, -0.2) is 0 Å². The van der Waals surface area contributed by atoms with Crippen LogP contribution in [0.5, 0.6) is 0 Å². The van der Waals surface area contributed by atoms with Crippen LogP contribution in [-0.4, -0.2) is 17.9 Å². The van der Waals surface area contributed by atoms with Crippen LogP contribution >= 0.6 is 15.9 Å². The van der Waals surface area contributed by atoms with E-state index in [1.807, 2.05) is 18.2 Å². The average Bonchev–Trinajstić information content (AvgIpc) is 2.47. The lowest BCUT2D eigenvalue weighted by molar-refractivity contribution is 0.0958. The molecule has 5 heteroatoms. The van der Waals surface area contributed by atoms with E-state index < -0.39 is 0 Å². The van der Waals surface area contributed by atoms with Gasteiger partial charge in [0.05, 0.1) is 0 Å². The highest BCUT2D eigenvalue weighted by molar-refractivity contribution is 9.10. The van der Waals surface area contributed by atoms with Gasteiger partial charge in [-0.1, -0.05) is 28.1 Å². The topological polar surface area (TPSA) is 54.0 Å². The number of hydrogen-bond donors (Lipinski definition) is 2. The van der Waals surface area contributed by atoms with Crippen molar-refractivity contribution in [3.05, 3.63) is 58.3 Å². The van der Waals surface area contributed by atoms with Crippen molar-refractivity contribution >= 4 is 27.5 Å². The maximum atomic E-state index is 11.6. The summed E-state index contributed by atoms with van der Waals surface area (Å²) in [5, 5.41) is 5.93. The van der Waals surface area contributed by atoms with Crippen molar-refractivity contribution in [3.63, 3.8) is 0 Å². The molecular weight excluding hydrogens is 318 g/mol. The van der Waals surface area contributed by atoms with Crippen LogP contribution in [0.4, 0.5) is 5.69 Å². The summed E-state index contributed by atoms with van der Waals surface area (Å²) in [4.78, 5) is 15.6. The normalized spacial score (nSPS) is 11.8. The van der Waals surface area contributed by atoms with E-state index in [9.17, 15) is 4.79 Å². The van der Waals surface area contributed by atoms with Crippen LogP contribution in [0.25, 0.3) is 0 Å². The molecule has 1 heterocycles. The van der Waals surface area contributed by atoms with E-state index in [4.69, 9.17) is 0 Å². The van der Waals surface area contributed by atoms with Crippen LogP contribution in [0.3, 0.4) is 0 Å². The first-order valence-electron chi connectivity index (χ1n) is 6.30. The Labute approximate surface area is 126 Å². The van der Waals surface area contributed by atoms with Crippen LogP contribution in [0.2, 0.25) is 0 Å². The molecule has 104 valence electrons. The molecule has 2 aromatic rings. The molecule has 0 saturated heterocycles. The molecule has 2 rings (SSSR count). The third kappa shape index (κ3) is 3.57. The molecule has 0 spiro atoms. The van der Waals surface area contributed by atoms with Gasteiger partial charge < -0.3 is 10.6 Å². The first-order valence-corrected chi connectivity index (χ1v) is 7.09. The molecular formula is C15H16BrN3O. The van der Waals surface area contributed by atoms with Crippen molar-refractivity contribution in [1.29, 1.82) is 0 Å². The predicted molar refractivity (Wildman–Crippen MR) is 83.8 cm³/mol. The van der Waals surface area contributed by atoms with Gasteiger partial charge in [0, 0.05) is 29.4 Å². The van der Waals surface area contributed by atoms with Gasteiger partial charge in [0.25, 0.3) is 5.91 Å². The van der Waals surface area contributed by atoms with Gasteiger partial charge in [-0.2, -0.15) is 0 Å². The zero-order valence-electron chi connectivity index (χ0n) is 11.4. The van der Waals surface area contributed by atoms with E-state index in [1.54, 1.807) is 19.3 Å². The Morgan fingerprint density at radius 3 is 2.60 bits per heavy atom. The number of carbonyl (C=O) groups excluding carboxylic acids is 1. The average molecular weight is 334 g/mol. The number of anilines is 1. The standard InChI is InChI=1S/C15H16BrN3O/c1-10(11-3-5-12(16)6-4-11)19-13-7-8-18-14(9-13)15(20)17-2/h3-10H,1-2H3,(H,17,20)(H,18,19). The number of rotatable bonds is 4. The molecule has 20 heavy (non-hydrogen) atoms. The van der Waals surface area contributed by atoms with E-state index in [0.717, 1.165) is 10.2 Å². The SMILES string of the molecule is CNC(=O)c1cc(NC(C)c2ccc(Br)cc2)ccn1. The number of pyridine rings is 1. The Kier molecular flexibility index (Phi) is 4.74. The van der Waals surface area contributed by atoms with Crippen LogP contribution in [-0.2, 0) is 0 Å². The lowest BCUT2D eigenvalue weighted by atomic mass is 10.1. The third-order valence-corrected chi connectivity index (χ3v) is 3.50. The molecule has 0 bridgehead atoms. The summed E-state index contributed by atoms with van der Waals surface area (Å²) in [6.07, 6.45) is 1.63.